The number of carboxylic acids is 1. The molecule has 0 saturated carbocycles. The van der Waals surface area contributed by atoms with Gasteiger partial charge in [-0.15, -0.1) is 0 Å². The van der Waals surface area contributed by atoms with Gasteiger partial charge >= 0.3 is 5.97 Å². The fraction of sp³-hybridized carbons (Fsp3) is 0.263. The molecule has 0 aromatic heterocycles. The number of aliphatic carboxylic acids is 1. The normalized spacial score (nSPS) is 11.8. The summed E-state index contributed by atoms with van der Waals surface area (Å²) in [5.74, 6) is -1.16. The Labute approximate surface area is 152 Å². The van der Waals surface area contributed by atoms with Crippen LogP contribution in [0.1, 0.15) is 36.7 Å². The minimum absolute atomic E-state index is 0.0349. The van der Waals surface area contributed by atoms with Gasteiger partial charge in [-0.1, -0.05) is 24.3 Å². The first kappa shape index (κ1) is 19.7. The Kier molecular flexibility index (Phi) is 5.51. The lowest BCUT2D eigenvalue weighted by Gasteiger charge is -2.19. The molecule has 0 bridgehead atoms. The molecule has 138 valence electrons. The Hall–Kier alpha value is -2.67. The Morgan fingerprint density at radius 2 is 1.62 bits per heavy atom. The van der Waals surface area contributed by atoms with Crippen LogP contribution in [0.25, 0.3) is 0 Å². The van der Waals surface area contributed by atoms with Crippen molar-refractivity contribution in [3.63, 3.8) is 0 Å². The van der Waals surface area contributed by atoms with Crippen LogP contribution in [0.5, 0.6) is 0 Å². The highest BCUT2D eigenvalue weighted by Gasteiger charge is 2.27. The summed E-state index contributed by atoms with van der Waals surface area (Å²) in [6.45, 7) is 4.59. The number of carbonyl (C=O) groups is 2. The Bertz CT molecular complexity index is 931. The zero-order valence-electron chi connectivity index (χ0n) is 14.8. The zero-order valence-corrected chi connectivity index (χ0v) is 15.6. The van der Waals surface area contributed by atoms with Gasteiger partial charge in [0.25, 0.3) is 10.0 Å². The summed E-state index contributed by atoms with van der Waals surface area (Å²) < 4.78 is 27.6. The molecule has 0 aliphatic carbocycles. The highest BCUT2D eigenvalue weighted by molar-refractivity contribution is 7.92. The number of ketones is 1. The fourth-order valence-corrected chi connectivity index (χ4v) is 3.53. The predicted molar refractivity (Wildman–Crippen MR) is 98.8 cm³/mol. The molecule has 0 radical (unpaired) electrons. The first-order chi connectivity index (χ1) is 12.0. The van der Waals surface area contributed by atoms with Gasteiger partial charge in [0.15, 0.2) is 5.78 Å². The van der Waals surface area contributed by atoms with Crippen molar-refractivity contribution >= 4 is 27.5 Å². The van der Waals surface area contributed by atoms with E-state index in [1.54, 1.807) is 44.2 Å². The standard InChI is InChI=1S/C19H21NO5S/c1-13(21)16-6-4-5-7-17(16)20-26(24,25)15-10-8-14(9-11-15)12-19(2,3)18(22)23/h4-11,20H,12H2,1-3H3,(H,22,23). The van der Waals surface area contributed by atoms with E-state index in [1.165, 1.54) is 25.1 Å². The maximum atomic E-state index is 12.6. The van der Waals surface area contributed by atoms with E-state index in [0.29, 0.717) is 0 Å². The topological polar surface area (TPSA) is 101 Å². The van der Waals surface area contributed by atoms with Gasteiger partial charge in [0, 0.05) is 5.56 Å². The molecular formula is C19H21NO5S. The van der Waals surface area contributed by atoms with E-state index in [4.69, 9.17) is 0 Å². The third-order valence-corrected chi connectivity index (χ3v) is 5.39. The number of anilines is 1. The molecule has 0 atom stereocenters. The molecule has 0 heterocycles. The van der Waals surface area contributed by atoms with Crippen LogP contribution in [-0.2, 0) is 21.2 Å². The summed E-state index contributed by atoms with van der Waals surface area (Å²) in [7, 11) is -3.86. The third kappa shape index (κ3) is 4.49. The van der Waals surface area contributed by atoms with Gasteiger partial charge in [0.1, 0.15) is 0 Å². The molecule has 0 aliphatic heterocycles. The van der Waals surface area contributed by atoms with Gasteiger partial charge in [-0.25, -0.2) is 8.42 Å². The van der Waals surface area contributed by atoms with Crippen LogP contribution in [0.15, 0.2) is 53.4 Å². The quantitative estimate of drug-likeness (QED) is 0.723. The maximum Gasteiger partial charge on any atom is 0.309 e. The lowest BCUT2D eigenvalue weighted by molar-refractivity contribution is -0.146. The van der Waals surface area contributed by atoms with Crippen LogP contribution in [-0.4, -0.2) is 25.3 Å². The van der Waals surface area contributed by atoms with Crippen molar-refractivity contribution in [2.75, 3.05) is 4.72 Å². The maximum absolute atomic E-state index is 12.6. The van der Waals surface area contributed by atoms with Crippen LogP contribution in [0.2, 0.25) is 0 Å². The molecule has 7 heteroatoms. The highest BCUT2D eigenvalue weighted by Crippen LogP contribution is 2.24. The number of carbonyl (C=O) groups excluding carboxylic acids is 1. The van der Waals surface area contributed by atoms with E-state index < -0.39 is 21.4 Å². The summed E-state index contributed by atoms with van der Waals surface area (Å²) >= 11 is 0. The van der Waals surface area contributed by atoms with Crippen molar-refractivity contribution in [3.05, 3.63) is 59.7 Å². The average Bonchev–Trinajstić information content (AvgIpc) is 2.54. The van der Waals surface area contributed by atoms with E-state index in [-0.39, 0.29) is 28.4 Å². The van der Waals surface area contributed by atoms with Crippen molar-refractivity contribution < 1.29 is 23.1 Å². The molecule has 2 aromatic rings. The molecule has 2 aromatic carbocycles. The van der Waals surface area contributed by atoms with Crippen LogP contribution in [0.3, 0.4) is 0 Å². The average molecular weight is 375 g/mol. The molecule has 0 spiro atoms. The summed E-state index contributed by atoms with van der Waals surface area (Å²) in [6.07, 6.45) is 0.281. The number of para-hydroxylation sites is 1. The number of carboxylic acid groups (broad SMARTS) is 1. The zero-order chi connectivity index (χ0) is 19.5. The third-order valence-electron chi connectivity index (χ3n) is 4.01. The summed E-state index contributed by atoms with van der Waals surface area (Å²) in [5.41, 5.74) is 0.284. The molecule has 2 N–H and O–H groups in total. The van der Waals surface area contributed by atoms with Crippen molar-refractivity contribution in [1.82, 2.24) is 0 Å². The lowest BCUT2D eigenvalue weighted by atomic mass is 9.86. The van der Waals surface area contributed by atoms with E-state index in [2.05, 4.69) is 4.72 Å². The van der Waals surface area contributed by atoms with E-state index in [1.807, 2.05) is 0 Å². The number of hydrogen-bond donors (Lipinski definition) is 2. The first-order valence-corrected chi connectivity index (χ1v) is 9.46. The van der Waals surface area contributed by atoms with Gasteiger partial charge < -0.3 is 5.11 Å². The van der Waals surface area contributed by atoms with Crippen molar-refractivity contribution in [2.24, 2.45) is 5.41 Å². The number of benzene rings is 2. The van der Waals surface area contributed by atoms with E-state index in [9.17, 15) is 23.1 Å². The van der Waals surface area contributed by atoms with Gasteiger partial charge in [-0.05, 0) is 57.0 Å². The Balaban J connectivity index is 2.25. The largest absolute Gasteiger partial charge is 0.481 e. The number of hydrogen-bond acceptors (Lipinski definition) is 4. The van der Waals surface area contributed by atoms with Crippen molar-refractivity contribution in [2.45, 2.75) is 32.1 Å². The molecule has 2 rings (SSSR count). The number of sulfonamides is 1. The molecule has 0 unspecified atom stereocenters. The molecule has 0 saturated heterocycles. The monoisotopic (exact) mass is 375 g/mol. The number of rotatable bonds is 7. The molecule has 0 aliphatic rings. The van der Waals surface area contributed by atoms with Crippen LogP contribution in [0.4, 0.5) is 5.69 Å². The van der Waals surface area contributed by atoms with Crippen LogP contribution >= 0.6 is 0 Å². The van der Waals surface area contributed by atoms with Gasteiger partial charge in [0.05, 0.1) is 16.0 Å². The first-order valence-electron chi connectivity index (χ1n) is 7.98. The molecule has 0 amide bonds. The molecule has 0 fully saturated rings. The SMILES string of the molecule is CC(=O)c1ccccc1NS(=O)(=O)c1ccc(CC(C)(C)C(=O)O)cc1. The Morgan fingerprint density at radius 1 is 1.04 bits per heavy atom. The fourth-order valence-electron chi connectivity index (χ4n) is 2.46. The van der Waals surface area contributed by atoms with Crippen LogP contribution < -0.4 is 4.72 Å². The van der Waals surface area contributed by atoms with Crippen molar-refractivity contribution in [1.29, 1.82) is 0 Å². The second-order valence-corrected chi connectivity index (χ2v) is 8.40. The van der Waals surface area contributed by atoms with Gasteiger partial charge in [-0.3, -0.25) is 14.3 Å². The van der Waals surface area contributed by atoms with Gasteiger partial charge in [0.2, 0.25) is 0 Å². The number of Topliss-reactive ketones (excluding diaryl/α,β-unsaturated/α-hetero) is 1. The number of nitrogens with one attached hydrogen (secondary N) is 1. The molecule has 26 heavy (non-hydrogen) atoms. The molecule has 6 nitrogen and oxygen atoms in total. The lowest BCUT2D eigenvalue weighted by Crippen LogP contribution is -2.26. The molecular weight excluding hydrogens is 354 g/mol. The van der Waals surface area contributed by atoms with E-state index >= 15 is 0 Å². The predicted octanol–water partition coefficient (Wildman–Crippen LogP) is 3.34. The van der Waals surface area contributed by atoms with Crippen molar-refractivity contribution in [3.8, 4) is 0 Å². The smallest absolute Gasteiger partial charge is 0.309 e. The minimum atomic E-state index is -3.86. The summed E-state index contributed by atoms with van der Waals surface area (Å²) in [4.78, 5) is 22.9. The van der Waals surface area contributed by atoms with Gasteiger partial charge in [-0.2, -0.15) is 0 Å². The highest BCUT2D eigenvalue weighted by atomic mass is 32.2. The second-order valence-electron chi connectivity index (χ2n) is 6.72. The summed E-state index contributed by atoms with van der Waals surface area (Å²) in [6, 6.07) is 12.4. The summed E-state index contributed by atoms with van der Waals surface area (Å²) in [5, 5.41) is 9.19. The van der Waals surface area contributed by atoms with E-state index in [0.717, 1.165) is 5.56 Å². The van der Waals surface area contributed by atoms with Crippen LogP contribution in [0, 0.1) is 5.41 Å². The Morgan fingerprint density at radius 3 is 2.15 bits per heavy atom. The minimum Gasteiger partial charge on any atom is -0.481 e. The second kappa shape index (κ2) is 7.29.